The number of rotatable bonds is 4. The summed E-state index contributed by atoms with van der Waals surface area (Å²) in [5, 5.41) is 0. The minimum absolute atomic E-state index is 0.0848. The minimum atomic E-state index is -0.558. The Bertz CT molecular complexity index is 709. The Morgan fingerprint density at radius 2 is 1.83 bits per heavy atom. The van der Waals surface area contributed by atoms with Crippen molar-refractivity contribution in [2.75, 3.05) is 25.0 Å². The Morgan fingerprint density at radius 1 is 1.17 bits per heavy atom. The molecule has 0 saturated carbocycles. The van der Waals surface area contributed by atoms with Gasteiger partial charge in [-0.05, 0) is 37.6 Å². The maximum absolute atomic E-state index is 12.8. The van der Waals surface area contributed by atoms with Crippen molar-refractivity contribution in [2.24, 2.45) is 5.92 Å². The molecule has 0 aliphatic carbocycles. The van der Waals surface area contributed by atoms with Crippen molar-refractivity contribution >= 4 is 17.5 Å². The van der Waals surface area contributed by atoms with Gasteiger partial charge in [0.1, 0.15) is 5.92 Å². The predicted octanol–water partition coefficient (Wildman–Crippen LogP) is 2.31. The number of nitrogens with zero attached hydrogens (tertiary/aromatic N) is 3. The van der Waals surface area contributed by atoms with Gasteiger partial charge < -0.3 is 14.4 Å². The topological polar surface area (TPSA) is 45.6 Å². The van der Waals surface area contributed by atoms with E-state index in [2.05, 4.69) is 0 Å². The zero-order valence-electron chi connectivity index (χ0n) is 13.5. The first-order chi connectivity index (χ1) is 11.1. The third-order valence-corrected chi connectivity index (χ3v) is 4.41. The van der Waals surface area contributed by atoms with Crippen LogP contribution in [0, 0.1) is 5.92 Å². The number of hydrogen-bond donors (Lipinski definition) is 0. The van der Waals surface area contributed by atoms with Crippen LogP contribution in [0.3, 0.4) is 0 Å². The molecule has 3 rings (SSSR count). The van der Waals surface area contributed by atoms with Crippen LogP contribution >= 0.6 is 0 Å². The van der Waals surface area contributed by atoms with Crippen LogP contribution in [-0.4, -0.2) is 41.4 Å². The Labute approximate surface area is 136 Å². The van der Waals surface area contributed by atoms with E-state index in [0.717, 1.165) is 11.4 Å². The Morgan fingerprint density at radius 3 is 2.48 bits per heavy atom. The van der Waals surface area contributed by atoms with E-state index in [9.17, 15) is 9.59 Å². The molecule has 1 aliphatic heterocycles. The maximum atomic E-state index is 12.8. The molecule has 1 saturated heterocycles. The summed E-state index contributed by atoms with van der Waals surface area (Å²) in [7, 11) is 1.74. The SMILES string of the molecule is CCN(C)C(=O)C1CCN(c2ccccc2-n2cccc2)C1=O. The van der Waals surface area contributed by atoms with Gasteiger partial charge in [0.2, 0.25) is 11.8 Å². The van der Waals surface area contributed by atoms with E-state index in [1.165, 1.54) is 0 Å². The molecule has 5 heteroatoms. The van der Waals surface area contributed by atoms with E-state index in [-0.39, 0.29) is 11.8 Å². The zero-order chi connectivity index (χ0) is 16.4. The Balaban J connectivity index is 1.90. The summed E-state index contributed by atoms with van der Waals surface area (Å²) >= 11 is 0. The van der Waals surface area contributed by atoms with Crippen LogP contribution in [0.4, 0.5) is 5.69 Å². The summed E-state index contributed by atoms with van der Waals surface area (Å²) in [5.74, 6) is -0.744. The number of amides is 2. The summed E-state index contributed by atoms with van der Waals surface area (Å²) in [6.07, 6.45) is 4.47. The molecular weight excluding hydrogens is 290 g/mol. The number of anilines is 1. The van der Waals surface area contributed by atoms with Gasteiger partial charge in [-0.3, -0.25) is 9.59 Å². The molecule has 2 aromatic rings. The lowest BCUT2D eigenvalue weighted by atomic mass is 10.1. The fourth-order valence-electron chi connectivity index (χ4n) is 2.98. The number of carbonyl (C=O) groups excluding carboxylic acids is 2. The van der Waals surface area contributed by atoms with E-state index < -0.39 is 5.92 Å². The molecule has 0 radical (unpaired) electrons. The third-order valence-electron chi connectivity index (χ3n) is 4.41. The Kier molecular flexibility index (Phi) is 4.19. The lowest BCUT2D eigenvalue weighted by Crippen LogP contribution is -2.38. The molecule has 120 valence electrons. The van der Waals surface area contributed by atoms with Gasteiger partial charge in [0.25, 0.3) is 0 Å². The van der Waals surface area contributed by atoms with Crippen molar-refractivity contribution in [2.45, 2.75) is 13.3 Å². The molecule has 0 spiro atoms. The molecule has 23 heavy (non-hydrogen) atoms. The van der Waals surface area contributed by atoms with Gasteiger partial charge >= 0.3 is 0 Å². The highest BCUT2D eigenvalue weighted by Gasteiger charge is 2.39. The summed E-state index contributed by atoms with van der Waals surface area (Å²) in [4.78, 5) is 28.5. The van der Waals surface area contributed by atoms with E-state index in [4.69, 9.17) is 0 Å². The molecule has 0 bridgehead atoms. The first kappa shape index (κ1) is 15.3. The van der Waals surface area contributed by atoms with Crippen LogP contribution in [0.15, 0.2) is 48.8 Å². The van der Waals surface area contributed by atoms with Crippen molar-refractivity contribution in [3.63, 3.8) is 0 Å². The second-order valence-electron chi connectivity index (χ2n) is 5.76. The van der Waals surface area contributed by atoms with Gasteiger partial charge in [0.05, 0.1) is 11.4 Å². The standard InChI is InChI=1S/C18H21N3O2/c1-3-19(2)17(22)14-10-13-21(18(14)23)16-9-5-4-8-15(16)20-11-6-7-12-20/h4-9,11-12,14H,3,10,13H2,1-2H3. The van der Waals surface area contributed by atoms with Gasteiger partial charge in [0.15, 0.2) is 0 Å². The summed E-state index contributed by atoms with van der Waals surface area (Å²) in [6.45, 7) is 3.10. The van der Waals surface area contributed by atoms with Crippen LogP contribution in [-0.2, 0) is 9.59 Å². The summed E-state index contributed by atoms with van der Waals surface area (Å²) in [5.41, 5.74) is 1.80. The van der Waals surface area contributed by atoms with Gasteiger partial charge in [-0.2, -0.15) is 0 Å². The molecule has 0 N–H and O–H groups in total. The fourth-order valence-corrected chi connectivity index (χ4v) is 2.98. The molecule has 2 heterocycles. The van der Waals surface area contributed by atoms with Crippen LogP contribution in [0.5, 0.6) is 0 Å². The van der Waals surface area contributed by atoms with Crippen LogP contribution in [0.25, 0.3) is 5.69 Å². The van der Waals surface area contributed by atoms with Crippen molar-refractivity contribution in [3.8, 4) is 5.69 Å². The van der Waals surface area contributed by atoms with Crippen LogP contribution < -0.4 is 4.90 Å². The van der Waals surface area contributed by atoms with Crippen LogP contribution in [0.1, 0.15) is 13.3 Å². The monoisotopic (exact) mass is 311 g/mol. The lowest BCUT2D eigenvalue weighted by molar-refractivity contribution is -0.138. The molecule has 1 aromatic carbocycles. The van der Waals surface area contributed by atoms with Crippen molar-refractivity contribution in [1.82, 2.24) is 9.47 Å². The molecule has 1 aromatic heterocycles. The molecule has 5 nitrogen and oxygen atoms in total. The van der Waals surface area contributed by atoms with Crippen molar-refractivity contribution in [1.29, 1.82) is 0 Å². The largest absolute Gasteiger partial charge is 0.345 e. The first-order valence-electron chi connectivity index (χ1n) is 7.92. The Hall–Kier alpha value is -2.56. The van der Waals surface area contributed by atoms with Crippen LogP contribution in [0.2, 0.25) is 0 Å². The van der Waals surface area contributed by atoms with E-state index in [0.29, 0.717) is 19.5 Å². The van der Waals surface area contributed by atoms with E-state index >= 15 is 0 Å². The zero-order valence-corrected chi connectivity index (χ0v) is 13.5. The van der Waals surface area contributed by atoms with Gasteiger partial charge in [-0.1, -0.05) is 12.1 Å². The van der Waals surface area contributed by atoms with E-state index in [1.54, 1.807) is 16.8 Å². The second kappa shape index (κ2) is 6.28. The smallest absolute Gasteiger partial charge is 0.239 e. The number of carbonyl (C=O) groups is 2. The lowest BCUT2D eigenvalue weighted by Gasteiger charge is -2.22. The molecule has 1 atom stereocenters. The average Bonchev–Trinajstić information content (AvgIpc) is 3.23. The van der Waals surface area contributed by atoms with Crippen molar-refractivity contribution in [3.05, 3.63) is 48.8 Å². The fraction of sp³-hybridized carbons (Fsp3) is 0.333. The number of benzene rings is 1. The van der Waals surface area contributed by atoms with Gasteiger partial charge in [0, 0.05) is 32.5 Å². The quantitative estimate of drug-likeness (QED) is 0.813. The molecule has 1 unspecified atom stereocenters. The highest BCUT2D eigenvalue weighted by atomic mass is 16.2. The third kappa shape index (κ3) is 2.74. The molecule has 1 fully saturated rings. The second-order valence-corrected chi connectivity index (χ2v) is 5.76. The predicted molar refractivity (Wildman–Crippen MR) is 89.5 cm³/mol. The molecule has 1 aliphatic rings. The summed E-state index contributed by atoms with van der Waals surface area (Å²) < 4.78 is 1.98. The van der Waals surface area contributed by atoms with Gasteiger partial charge in [-0.15, -0.1) is 0 Å². The normalized spacial score (nSPS) is 17.6. The summed E-state index contributed by atoms with van der Waals surface area (Å²) in [6, 6.07) is 11.7. The number of hydrogen-bond acceptors (Lipinski definition) is 2. The van der Waals surface area contributed by atoms with Crippen molar-refractivity contribution < 1.29 is 9.59 Å². The first-order valence-corrected chi connectivity index (χ1v) is 7.92. The average molecular weight is 311 g/mol. The molecule has 2 amide bonds. The minimum Gasteiger partial charge on any atom is -0.345 e. The molecular formula is C18H21N3O2. The number of aromatic nitrogens is 1. The van der Waals surface area contributed by atoms with E-state index in [1.807, 2.05) is 60.3 Å². The maximum Gasteiger partial charge on any atom is 0.239 e. The number of para-hydroxylation sites is 2. The highest BCUT2D eigenvalue weighted by molar-refractivity contribution is 6.10. The highest BCUT2D eigenvalue weighted by Crippen LogP contribution is 2.31. The van der Waals surface area contributed by atoms with Gasteiger partial charge in [-0.25, -0.2) is 0 Å².